The van der Waals surface area contributed by atoms with Gasteiger partial charge in [-0.15, -0.1) is 11.3 Å². The Bertz CT molecular complexity index is 1030. The van der Waals surface area contributed by atoms with Gasteiger partial charge in [-0.1, -0.05) is 0 Å². The van der Waals surface area contributed by atoms with Gasteiger partial charge in [0, 0.05) is 24.5 Å². The molecule has 2 aromatic heterocycles. The topological polar surface area (TPSA) is 131 Å². The number of anilines is 2. The number of sulfonamides is 1. The van der Waals surface area contributed by atoms with Crippen molar-refractivity contribution < 1.29 is 26.4 Å². The highest BCUT2D eigenvalue weighted by molar-refractivity contribution is 7.88. The summed E-state index contributed by atoms with van der Waals surface area (Å²) in [7, 11) is -3.36. The average molecular weight is 437 g/mol. The predicted molar refractivity (Wildman–Crippen MR) is 101 cm³/mol. The molecule has 13 heteroatoms. The van der Waals surface area contributed by atoms with Crippen LogP contribution in [0.1, 0.15) is 28.1 Å². The third kappa shape index (κ3) is 4.15. The van der Waals surface area contributed by atoms with E-state index in [4.69, 9.17) is 11.5 Å². The number of rotatable bonds is 4. The number of primary amides is 1. The number of thiophene rings is 1. The van der Waals surface area contributed by atoms with Crippen molar-refractivity contribution in [2.45, 2.75) is 25.1 Å². The Balaban J connectivity index is 1.98. The first-order chi connectivity index (χ1) is 12.9. The molecule has 0 unspecified atom stereocenters. The van der Waals surface area contributed by atoms with Gasteiger partial charge in [-0.05, 0) is 18.9 Å². The van der Waals surface area contributed by atoms with Crippen molar-refractivity contribution in [1.82, 2.24) is 9.71 Å². The van der Waals surface area contributed by atoms with Crippen LogP contribution in [-0.2, 0) is 16.2 Å². The molecular weight excluding hydrogens is 419 g/mol. The number of nitrogens with two attached hydrogens (primary N) is 2. The van der Waals surface area contributed by atoms with Crippen LogP contribution in [0.2, 0.25) is 0 Å². The normalized spacial score (nSPS) is 16.6. The maximum atomic E-state index is 13.6. The highest BCUT2D eigenvalue weighted by atomic mass is 32.2. The number of hydrogen-bond acceptors (Lipinski definition) is 7. The zero-order chi connectivity index (χ0) is 20.9. The van der Waals surface area contributed by atoms with Crippen LogP contribution in [0.5, 0.6) is 0 Å². The summed E-state index contributed by atoms with van der Waals surface area (Å²) < 4.78 is 66.0. The molecule has 0 saturated carbocycles. The van der Waals surface area contributed by atoms with Gasteiger partial charge in [0.25, 0.3) is 5.91 Å². The van der Waals surface area contributed by atoms with Crippen LogP contribution in [0.4, 0.5) is 24.7 Å². The Kier molecular flexibility index (Phi) is 5.18. The van der Waals surface area contributed by atoms with Crippen LogP contribution in [0.15, 0.2) is 6.07 Å². The van der Waals surface area contributed by atoms with E-state index in [-0.39, 0.29) is 32.6 Å². The smallest absolute Gasteiger partial charge is 0.397 e. The molecule has 1 amide bonds. The maximum Gasteiger partial charge on any atom is 0.417 e. The summed E-state index contributed by atoms with van der Waals surface area (Å²) in [5.41, 5.74) is 9.63. The molecule has 0 atom stereocenters. The molecule has 1 saturated heterocycles. The van der Waals surface area contributed by atoms with Crippen molar-refractivity contribution in [3.05, 3.63) is 16.5 Å². The van der Waals surface area contributed by atoms with Crippen molar-refractivity contribution in [2.24, 2.45) is 5.73 Å². The fourth-order valence-electron chi connectivity index (χ4n) is 3.21. The van der Waals surface area contributed by atoms with Gasteiger partial charge in [0.1, 0.15) is 15.5 Å². The molecule has 3 heterocycles. The summed E-state index contributed by atoms with van der Waals surface area (Å²) in [6, 6.07) is 0.622. The van der Waals surface area contributed by atoms with Gasteiger partial charge >= 0.3 is 6.18 Å². The lowest BCUT2D eigenvalue weighted by Gasteiger charge is -2.33. The number of halogens is 3. The number of nitrogens with zero attached hydrogens (tertiary/aromatic N) is 2. The monoisotopic (exact) mass is 437 g/mol. The second-order valence-corrected chi connectivity index (χ2v) is 9.35. The number of carbonyl (C=O) groups is 1. The Morgan fingerprint density at radius 1 is 1.36 bits per heavy atom. The Hall–Kier alpha value is -2.12. The van der Waals surface area contributed by atoms with Crippen LogP contribution in [0.3, 0.4) is 0 Å². The van der Waals surface area contributed by atoms with Crippen molar-refractivity contribution in [3.63, 3.8) is 0 Å². The lowest BCUT2D eigenvalue weighted by molar-refractivity contribution is -0.136. The van der Waals surface area contributed by atoms with Crippen molar-refractivity contribution >= 4 is 49.0 Å². The van der Waals surface area contributed by atoms with Crippen molar-refractivity contribution in [1.29, 1.82) is 0 Å². The van der Waals surface area contributed by atoms with E-state index in [2.05, 4.69) is 9.71 Å². The summed E-state index contributed by atoms with van der Waals surface area (Å²) in [5.74, 6) is -0.822. The highest BCUT2D eigenvalue weighted by Crippen LogP contribution is 2.43. The number of aromatic nitrogens is 1. The quantitative estimate of drug-likeness (QED) is 0.665. The number of pyridine rings is 1. The molecule has 0 radical (unpaired) electrons. The van der Waals surface area contributed by atoms with Crippen LogP contribution < -0.4 is 21.1 Å². The largest absolute Gasteiger partial charge is 0.417 e. The molecule has 0 aliphatic carbocycles. The molecule has 28 heavy (non-hydrogen) atoms. The van der Waals surface area contributed by atoms with E-state index in [1.807, 2.05) is 0 Å². The zero-order valence-corrected chi connectivity index (χ0v) is 16.3. The number of carbonyl (C=O) groups excluding carboxylic acids is 1. The number of piperidine rings is 1. The molecule has 0 bridgehead atoms. The first-order valence-electron chi connectivity index (χ1n) is 8.19. The first kappa shape index (κ1) is 20.6. The minimum absolute atomic E-state index is 0.0208. The lowest BCUT2D eigenvalue weighted by atomic mass is 10.1. The fraction of sp³-hybridized carbons (Fsp3) is 0.467. The summed E-state index contributed by atoms with van der Waals surface area (Å²) >= 11 is 0.720. The molecule has 1 aliphatic rings. The van der Waals surface area contributed by atoms with E-state index in [1.165, 1.54) is 0 Å². The van der Waals surface area contributed by atoms with Gasteiger partial charge in [0.05, 0.1) is 17.5 Å². The molecular formula is C15H18F3N5O3S2. The summed E-state index contributed by atoms with van der Waals surface area (Å²) in [4.78, 5) is 17.2. The number of nitrogens with one attached hydrogen (secondary N) is 1. The van der Waals surface area contributed by atoms with Gasteiger partial charge in [0.2, 0.25) is 10.0 Å². The third-order valence-corrected chi connectivity index (χ3v) is 6.29. The van der Waals surface area contributed by atoms with E-state index in [0.29, 0.717) is 25.9 Å². The number of alkyl halides is 3. The molecule has 1 fully saturated rings. The lowest BCUT2D eigenvalue weighted by Crippen LogP contribution is -2.44. The third-order valence-electron chi connectivity index (χ3n) is 4.41. The van der Waals surface area contributed by atoms with E-state index >= 15 is 0 Å². The number of amides is 1. The van der Waals surface area contributed by atoms with Gasteiger partial charge in [-0.2, -0.15) is 13.2 Å². The minimum Gasteiger partial charge on any atom is -0.397 e. The summed E-state index contributed by atoms with van der Waals surface area (Å²) in [6.45, 7) is 0.652. The standard InChI is InChI=1S/C15H18F3N5O3S2/c1-28(25,26)22-7-2-4-23(5-3-7)9-6-8(15(16,17)18)10-11(19)12(13(20)24)27-14(10)21-9/h6-7,22H,2-5,19H2,1H3,(H2,20,24). The van der Waals surface area contributed by atoms with E-state index in [0.717, 1.165) is 23.7 Å². The van der Waals surface area contributed by atoms with Crippen molar-refractivity contribution in [3.8, 4) is 0 Å². The molecule has 2 aromatic rings. The van der Waals surface area contributed by atoms with Crippen LogP contribution in [-0.4, -0.2) is 44.7 Å². The molecule has 154 valence electrons. The first-order valence-corrected chi connectivity index (χ1v) is 10.9. The molecule has 5 N–H and O–H groups in total. The second-order valence-electron chi connectivity index (χ2n) is 6.57. The van der Waals surface area contributed by atoms with Gasteiger partial charge in [-0.3, -0.25) is 4.79 Å². The Labute approximate surface area is 162 Å². The Morgan fingerprint density at radius 2 is 1.96 bits per heavy atom. The minimum atomic E-state index is -4.70. The van der Waals surface area contributed by atoms with E-state index in [1.54, 1.807) is 4.90 Å². The molecule has 8 nitrogen and oxygen atoms in total. The molecule has 0 spiro atoms. The van der Waals surface area contributed by atoms with Crippen LogP contribution in [0, 0.1) is 0 Å². The predicted octanol–water partition coefficient (Wildman–Crippen LogP) is 1.51. The Morgan fingerprint density at radius 3 is 2.46 bits per heavy atom. The number of nitrogen functional groups attached to an aromatic ring is 1. The molecule has 1 aliphatic heterocycles. The van der Waals surface area contributed by atoms with E-state index < -0.39 is 27.7 Å². The summed E-state index contributed by atoms with van der Waals surface area (Å²) in [5, 5.41) is -0.330. The SMILES string of the molecule is CS(=O)(=O)NC1CCN(c2cc(C(F)(F)F)c3c(N)c(C(N)=O)sc3n2)CC1. The molecule has 0 aromatic carbocycles. The fourth-order valence-corrected chi connectivity index (χ4v) is 5.01. The van der Waals surface area contributed by atoms with Crippen molar-refractivity contribution in [2.75, 3.05) is 30.0 Å². The average Bonchev–Trinajstić information content (AvgIpc) is 2.89. The maximum absolute atomic E-state index is 13.6. The van der Waals surface area contributed by atoms with Crippen LogP contribution >= 0.6 is 11.3 Å². The van der Waals surface area contributed by atoms with E-state index in [9.17, 15) is 26.4 Å². The van der Waals surface area contributed by atoms with Gasteiger partial charge < -0.3 is 16.4 Å². The molecule has 3 rings (SSSR count). The summed E-state index contributed by atoms with van der Waals surface area (Å²) in [6.07, 6.45) is -2.79. The van der Waals surface area contributed by atoms with Gasteiger partial charge in [-0.25, -0.2) is 18.1 Å². The zero-order valence-electron chi connectivity index (χ0n) is 14.7. The second kappa shape index (κ2) is 7.04. The van der Waals surface area contributed by atoms with Gasteiger partial charge in [0.15, 0.2) is 0 Å². The number of hydrogen-bond donors (Lipinski definition) is 3. The highest BCUT2D eigenvalue weighted by Gasteiger charge is 2.37. The number of fused-ring (bicyclic) bond motifs is 1. The van der Waals surface area contributed by atoms with Crippen LogP contribution in [0.25, 0.3) is 10.2 Å².